The molecule has 3 rings (SSSR count). The highest BCUT2D eigenvalue weighted by molar-refractivity contribution is 9.10. The number of aryl methyl sites for hydroxylation is 1. The molecule has 1 fully saturated rings. The molecule has 2 aromatic rings. The van der Waals surface area contributed by atoms with Gasteiger partial charge in [0.2, 0.25) is 0 Å². The highest BCUT2D eigenvalue weighted by Crippen LogP contribution is 2.31. The molecule has 31 heavy (non-hydrogen) atoms. The van der Waals surface area contributed by atoms with E-state index >= 15 is 0 Å². The molecule has 1 aliphatic rings. The van der Waals surface area contributed by atoms with Gasteiger partial charge in [0.25, 0.3) is 0 Å². The zero-order valence-corrected chi connectivity index (χ0v) is 20.5. The normalized spacial score (nSPS) is 16.3. The second-order valence-corrected chi connectivity index (χ2v) is 9.78. The van der Waals surface area contributed by atoms with Crippen LogP contribution in [0.2, 0.25) is 0 Å². The Morgan fingerprint density at radius 3 is 2.52 bits per heavy atom. The highest BCUT2D eigenvalue weighted by atomic mass is 79.9. The minimum atomic E-state index is -0.537. The molecule has 1 aliphatic heterocycles. The molecule has 1 saturated heterocycles. The average molecular weight is 496 g/mol. The molecule has 0 saturated carbocycles. The lowest BCUT2D eigenvalue weighted by Gasteiger charge is -2.40. The van der Waals surface area contributed by atoms with E-state index in [2.05, 4.69) is 31.2 Å². The Balaban J connectivity index is 1.81. The number of aromatic nitrogens is 3. The van der Waals surface area contributed by atoms with Crippen LogP contribution in [0.4, 0.5) is 10.6 Å². The van der Waals surface area contributed by atoms with E-state index in [0.29, 0.717) is 17.7 Å². The van der Waals surface area contributed by atoms with Gasteiger partial charge in [0.05, 0.1) is 12.3 Å². The summed E-state index contributed by atoms with van der Waals surface area (Å²) in [6.07, 6.45) is 1.06. The van der Waals surface area contributed by atoms with Gasteiger partial charge in [-0.25, -0.2) is 19.1 Å². The molecule has 0 unspecified atom stereocenters. The van der Waals surface area contributed by atoms with Gasteiger partial charge in [0.15, 0.2) is 11.5 Å². The van der Waals surface area contributed by atoms with Gasteiger partial charge in [-0.3, -0.25) is 0 Å². The first kappa shape index (κ1) is 23.3. The summed E-state index contributed by atoms with van der Waals surface area (Å²) >= 11 is 3.52. The molecule has 0 atom stereocenters. The van der Waals surface area contributed by atoms with E-state index in [1.54, 1.807) is 17.5 Å². The zero-order valence-electron chi connectivity index (χ0n) is 18.9. The topological polar surface area (TPSA) is 98.1 Å². The predicted octanol–water partition coefficient (Wildman–Crippen LogP) is 3.86. The smallest absolute Gasteiger partial charge is 0.408 e. The Morgan fingerprint density at radius 1 is 1.29 bits per heavy atom. The van der Waals surface area contributed by atoms with E-state index in [4.69, 9.17) is 14.5 Å². The molecule has 3 heterocycles. The summed E-state index contributed by atoms with van der Waals surface area (Å²) in [6, 6.07) is 1.71. The number of hydrogen-bond acceptors (Lipinski definition) is 7. The van der Waals surface area contributed by atoms with E-state index < -0.39 is 17.7 Å². The van der Waals surface area contributed by atoms with Crippen LogP contribution in [-0.2, 0) is 9.47 Å². The van der Waals surface area contributed by atoms with Gasteiger partial charge in [-0.2, -0.15) is 5.10 Å². The third-order valence-electron chi connectivity index (χ3n) is 5.15. The largest absolute Gasteiger partial charge is 0.461 e. The number of nitrogens with one attached hydrogen (secondary N) is 1. The van der Waals surface area contributed by atoms with Gasteiger partial charge in [-0.05, 0) is 70.3 Å². The Kier molecular flexibility index (Phi) is 6.50. The summed E-state index contributed by atoms with van der Waals surface area (Å²) < 4.78 is 12.9. The second-order valence-electron chi connectivity index (χ2n) is 9.03. The number of hydrogen-bond donors (Lipinski definition) is 1. The van der Waals surface area contributed by atoms with E-state index in [0.717, 1.165) is 29.9 Å². The van der Waals surface area contributed by atoms with Crippen LogP contribution in [0, 0.1) is 6.92 Å². The van der Waals surface area contributed by atoms with Crippen LogP contribution in [0.5, 0.6) is 0 Å². The fourth-order valence-corrected chi connectivity index (χ4v) is 3.89. The van der Waals surface area contributed by atoms with E-state index in [9.17, 15) is 9.59 Å². The van der Waals surface area contributed by atoms with Gasteiger partial charge in [-0.1, -0.05) is 0 Å². The minimum Gasteiger partial charge on any atom is -0.461 e. The quantitative estimate of drug-likeness (QED) is 0.642. The van der Waals surface area contributed by atoms with Crippen molar-refractivity contribution in [2.24, 2.45) is 0 Å². The summed E-state index contributed by atoms with van der Waals surface area (Å²) in [5.41, 5.74) is 0.829. The Bertz CT molecular complexity index is 990. The highest BCUT2D eigenvalue weighted by Gasteiger charge is 2.34. The van der Waals surface area contributed by atoms with Crippen molar-refractivity contribution in [2.45, 2.75) is 65.5 Å². The number of rotatable bonds is 4. The third-order valence-corrected chi connectivity index (χ3v) is 6.06. The Hall–Kier alpha value is -2.36. The Labute approximate surface area is 190 Å². The number of anilines is 1. The van der Waals surface area contributed by atoms with Crippen LogP contribution in [0.25, 0.3) is 5.52 Å². The van der Waals surface area contributed by atoms with Crippen molar-refractivity contribution in [1.29, 1.82) is 0 Å². The van der Waals surface area contributed by atoms with Gasteiger partial charge in [0.1, 0.15) is 15.7 Å². The molecule has 0 bridgehead atoms. The SMILES string of the molecule is CCOC(=O)c1cc2c(N3CCC(C)(NC(=O)OC(C)(C)C)CC3)nc(C)c(Br)n2n1. The fourth-order valence-electron chi connectivity index (χ4n) is 3.53. The number of alkyl carbamates (subject to hydrolysis) is 1. The first-order chi connectivity index (χ1) is 14.4. The third kappa shape index (κ3) is 5.28. The summed E-state index contributed by atoms with van der Waals surface area (Å²) in [5.74, 6) is 0.289. The monoisotopic (exact) mass is 495 g/mol. The summed E-state index contributed by atoms with van der Waals surface area (Å²) in [5, 5.41) is 7.42. The van der Waals surface area contributed by atoms with Crippen LogP contribution in [0.15, 0.2) is 10.7 Å². The summed E-state index contributed by atoms with van der Waals surface area (Å²) in [6.45, 7) is 12.9. The van der Waals surface area contributed by atoms with Gasteiger partial charge < -0.3 is 19.7 Å². The first-order valence-corrected chi connectivity index (χ1v) is 11.2. The zero-order chi connectivity index (χ0) is 23.0. The molecule has 9 nitrogen and oxygen atoms in total. The Morgan fingerprint density at radius 2 is 1.94 bits per heavy atom. The molecule has 0 radical (unpaired) electrons. The standard InChI is InChI=1S/C21H30BrN5O4/c1-7-30-18(28)14-12-15-17(23-13(2)16(22)27(15)25-14)26-10-8-21(6,9-11-26)24-19(29)31-20(3,4)5/h12H,7-11H2,1-6H3,(H,24,29). The van der Waals surface area contributed by atoms with Gasteiger partial charge >= 0.3 is 12.1 Å². The molecule has 170 valence electrons. The fraction of sp³-hybridized carbons (Fsp3) is 0.619. The van der Waals surface area contributed by atoms with Crippen LogP contribution < -0.4 is 10.2 Å². The lowest BCUT2D eigenvalue weighted by atomic mass is 9.90. The van der Waals surface area contributed by atoms with E-state index in [1.807, 2.05) is 34.6 Å². The molecule has 10 heteroatoms. The molecule has 1 amide bonds. The number of carbonyl (C=O) groups is 2. The van der Waals surface area contributed by atoms with E-state index in [-0.39, 0.29) is 17.8 Å². The van der Waals surface area contributed by atoms with Crippen LogP contribution in [-0.4, -0.2) is 57.5 Å². The maximum absolute atomic E-state index is 12.2. The lowest BCUT2D eigenvalue weighted by Crippen LogP contribution is -2.54. The second kappa shape index (κ2) is 8.64. The van der Waals surface area contributed by atoms with Crippen molar-refractivity contribution in [3.63, 3.8) is 0 Å². The molecular formula is C21H30BrN5O4. The van der Waals surface area contributed by atoms with Crippen molar-refractivity contribution in [2.75, 3.05) is 24.6 Å². The summed E-state index contributed by atoms with van der Waals surface area (Å²) in [7, 11) is 0. The van der Waals surface area contributed by atoms with Crippen LogP contribution >= 0.6 is 15.9 Å². The number of fused-ring (bicyclic) bond motifs is 1. The lowest BCUT2D eigenvalue weighted by molar-refractivity contribution is 0.0446. The number of nitrogens with zero attached hydrogens (tertiary/aromatic N) is 4. The number of halogens is 1. The average Bonchev–Trinajstić information content (AvgIpc) is 3.09. The summed E-state index contributed by atoms with van der Waals surface area (Å²) in [4.78, 5) is 31.3. The van der Waals surface area contributed by atoms with Crippen molar-refractivity contribution >= 4 is 39.3 Å². The van der Waals surface area contributed by atoms with Gasteiger partial charge in [0, 0.05) is 24.7 Å². The first-order valence-electron chi connectivity index (χ1n) is 10.4. The minimum absolute atomic E-state index is 0.240. The number of esters is 1. The van der Waals surface area contributed by atoms with Crippen molar-refractivity contribution in [1.82, 2.24) is 19.9 Å². The van der Waals surface area contributed by atoms with Crippen molar-refractivity contribution < 1.29 is 19.1 Å². The van der Waals surface area contributed by atoms with Crippen molar-refractivity contribution in [3.8, 4) is 0 Å². The number of piperidine rings is 1. The molecule has 0 spiro atoms. The number of amides is 1. The molecule has 2 aromatic heterocycles. The molecule has 0 aliphatic carbocycles. The van der Waals surface area contributed by atoms with E-state index in [1.165, 1.54) is 0 Å². The van der Waals surface area contributed by atoms with Crippen molar-refractivity contribution in [3.05, 3.63) is 22.1 Å². The molecular weight excluding hydrogens is 466 g/mol. The number of ether oxygens (including phenoxy) is 2. The van der Waals surface area contributed by atoms with Gasteiger partial charge in [-0.15, -0.1) is 0 Å². The molecule has 0 aromatic carbocycles. The van der Waals surface area contributed by atoms with Crippen LogP contribution in [0.3, 0.4) is 0 Å². The predicted molar refractivity (Wildman–Crippen MR) is 121 cm³/mol. The number of carbonyl (C=O) groups excluding carboxylic acids is 2. The maximum Gasteiger partial charge on any atom is 0.408 e. The molecule has 1 N–H and O–H groups in total. The maximum atomic E-state index is 12.2. The van der Waals surface area contributed by atoms with Crippen LogP contribution in [0.1, 0.15) is 63.6 Å².